The number of rotatable bonds is 3. The fraction of sp³-hybridized carbons (Fsp3) is 0.500. The van der Waals surface area contributed by atoms with Crippen molar-refractivity contribution in [3.8, 4) is 5.75 Å². The van der Waals surface area contributed by atoms with E-state index in [0.29, 0.717) is 18.3 Å². The molecular formula is C14H16O2. The molecule has 1 fully saturated rings. The van der Waals surface area contributed by atoms with Crippen LogP contribution in [0.1, 0.15) is 37.2 Å². The molecule has 1 unspecified atom stereocenters. The standard InChI is InChI=1S/C14H16O2/c15-13(9-10-5-6-10)11-7-8-16-14-4-2-1-3-12(11)14/h1-4,10-11H,5-9H2. The topological polar surface area (TPSA) is 26.3 Å². The van der Waals surface area contributed by atoms with Crippen molar-refractivity contribution in [3.05, 3.63) is 29.8 Å². The molecule has 0 bridgehead atoms. The lowest BCUT2D eigenvalue weighted by Gasteiger charge is -2.24. The van der Waals surface area contributed by atoms with Gasteiger partial charge < -0.3 is 4.74 Å². The fourth-order valence-corrected chi connectivity index (χ4v) is 2.43. The number of Topliss-reactive ketones (excluding diaryl/α,β-unsaturated/α-hetero) is 1. The third-order valence-corrected chi connectivity index (χ3v) is 3.53. The molecule has 0 radical (unpaired) electrons. The Kier molecular flexibility index (Phi) is 2.43. The highest BCUT2D eigenvalue weighted by Crippen LogP contribution is 2.39. The Bertz CT molecular complexity index is 407. The van der Waals surface area contributed by atoms with Gasteiger partial charge in [0.05, 0.1) is 6.61 Å². The number of hydrogen-bond acceptors (Lipinski definition) is 2. The molecule has 1 aromatic carbocycles. The Balaban J connectivity index is 1.82. The SMILES string of the molecule is O=C(CC1CC1)C1CCOc2ccccc21. The van der Waals surface area contributed by atoms with E-state index in [4.69, 9.17) is 4.74 Å². The van der Waals surface area contributed by atoms with E-state index in [-0.39, 0.29) is 5.92 Å². The lowest BCUT2D eigenvalue weighted by atomic mass is 9.87. The van der Waals surface area contributed by atoms with Crippen molar-refractivity contribution in [1.82, 2.24) is 0 Å². The van der Waals surface area contributed by atoms with Crippen molar-refractivity contribution in [2.45, 2.75) is 31.6 Å². The fourth-order valence-electron chi connectivity index (χ4n) is 2.43. The Morgan fingerprint density at radius 3 is 2.88 bits per heavy atom. The maximum atomic E-state index is 12.2. The monoisotopic (exact) mass is 216 g/mol. The smallest absolute Gasteiger partial charge is 0.140 e. The van der Waals surface area contributed by atoms with Crippen molar-refractivity contribution in [2.75, 3.05) is 6.61 Å². The van der Waals surface area contributed by atoms with Gasteiger partial charge in [-0.3, -0.25) is 4.79 Å². The van der Waals surface area contributed by atoms with Crippen LogP contribution in [0.15, 0.2) is 24.3 Å². The van der Waals surface area contributed by atoms with Crippen molar-refractivity contribution in [3.63, 3.8) is 0 Å². The maximum Gasteiger partial charge on any atom is 0.140 e. The highest BCUT2D eigenvalue weighted by Gasteiger charge is 2.31. The van der Waals surface area contributed by atoms with E-state index >= 15 is 0 Å². The molecule has 84 valence electrons. The van der Waals surface area contributed by atoms with E-state index in [9.17, 15) is 4.79 Å². The number of benzene rings is 1. The summed E-state index contributed by atoms with van der Waals surface area (Å²) in [5.74, 6) is 2.09. The van der Waals surface area contributed by atoms with Gasteiger partial charge in [0.15, 0.2) is 0 Å². The van der Waals surface area contributed by atoms with Crippen LogP contribution in [-0.2, 0) is 4.79 Å². The minimum Gasteiger partial charge on any atom is -0.493 e. The molecule has 0 aromatic heterocycles. The zero-order valence-corrected chi connectivity index (χ0v) is 9.32. The predicted octanol–water partition coefficient (Wildman–Crippen LogP) is 2.92. The third-order valence-electron chi connectivity index (χ3n) is 3.53. The quantitative estimate of drug-likeness (QED) is 0.776. The first-order chi connectivity index (χ1) is 7.84. The second kappa shape index (κ2) is 3.93. The second-order valence-corrected chi connectivity index (χ2v) is 4.84. The highest BCUT2D eigenvalue weighted by atomic mass is 16.5. The van der Waals surface area contributed by atoms with E-state index in [0.717, 1.165) is 24.2 Å². The summed E-state index contributed by atoms with van der Waals surface area (Å²) in [7, 11) is 0. The van der Waals surface area contributed by atoms with Crippen LogP contribution in [0.25, 0.3) is 0 Å². The average Bonchev–Trinajstić information content (AvgIpc) is 3.12. The summed E-state index contributed by atoms with van der Waals surface area (Å²) in [6, 6.07) is 7.95. The molecular weight excluding hydrogens is 200 g/mol. The molecule has 1 aromatic rings. The number of hydrogen-bond donors (Lipinski definition) is 0. The number of ketones is 1. The van der Waals surface area contributed by atoms with Gasteiger partial charge in [-0.2, -0.15) is 0 Å². The molecule has 0 spiro atoms. The van der Waals surface area contributed by atoms with Crippen LogP contribution in [0, 0.1) is 5.92 Å². The van der Waals surface area contributed by atoms with Gasteiger partial charge in [0.25, 0.3) is 0 Å². The van der Waals surface area contributed by atoms with Crippen LogP contribution in [0.4, 0.5) is 0 Å². The van der Waals surface area contributed by atoms with Crippen LogP contribution in [0.2, 0.25) is 0 Å². The Hall–Kier alpha value is -1.31. The molecule has 0 saturated heterocycles. The van der Waals surface area contributed by atoms with Crippen molar-refractivity contribution in [2.24, 2.45) is 5.92 Å². The van der Waals surface area contributed by atoms with Crippen LogP contribution in [0.3, 0.4) is 0 Å². The molecule has 1 heterocycles. The molecule has 2 aliphatic rings. The zero-order valence-electron chi connectivity index (χ0n) is 9.32. The molecule has 1 aliphatic heterocycles. The Morgan fingerprint density at radius 2 is 2.06 bits per heavy atom. The molecule has 1 atom stereocenters. The minimum atomic E-state index is 0.0885. The van der Waals surface area contributed by atoms with Crippen LogP contribution in [0.5, 0.6) is 5.75 Å². The molecule has 0 amide bonds. The van der Waals surface area contributed by atoms with E-state index in [1.807, 2.05) is 24.3 Å². The van der Waals surface area contributed by atoms with Gasteiger partial charge in [-0.05, 0) is 31.2 Å². The lowest BCUT2D eigenvalue weighted by Crippen LogP contribution is -2.21. The maximum absolute atomic E-state index is 12.2. The Morgan fingerprint density at radius 1 is 1.25 bits per heavy atom. The van der Waals surface area contributed by atoms with Crippen LogP contribution >= 0.6 is 0 Å². The van der Waals surface area contributed by atoms with E-state index in [1.54, 1.807) is 0 Å². The van der Waals surface area contributed by atoms with Crippen LogP contribution < -0.4 is 4.74 Å². The summed E-state index contributed by atoms with van der Waals surface area (Å²) in [5.41, 5.74) is 1.10. The van der Waals surface area contributed by atoms with Gasteiger partial charge in [0.1, 0.15) is 11.5 Å². The minimum absolute atomic E-state index is 0.0885. The number of carbonyl (C=O) groups excluding carboxylic acids is 1. The van der Waals surface area contributed by atoms with Gasteiger partial charge in [-0.1, -0.05) is 18.2 Å². The first-order valence-corrected chi connectivity index (χ1v) is 6.09. The average molecular weight is 216 g/mol. The number of carbonyl (C=O) groups is 1. The van der Waals surface area contributed by atoms with Gasteiger partial charge in [0, 0.05) is 17.9 Å². The van der Waals surface area contributed by atoms with E-state index in [1.165, 1.54) is 12.8 Å². The van der Waals surface area contributed by atoms with E-state index < -0.39 is 0 Å². The lowest BCUT2D eigenvalue weighted by molar-refractivity contribution is -0.121. The summed E-state index contributed by atoms with van der Waals surface area (Å²) in [5, 5.41) is 0. The summed E-state index contributed by atoms with van der Waals surface area (Å²) in [4.78, 5) is 12.2. The van der Waals surface area contributed by atoms with Gasteiger partial charge in [-0.25, -0.2) is 0 Å². The highest BCUT2D eigenvalue weighted by molar-refractivity contribution is 5.87. The van der Waals surface area contributed by atoms with Crippen molar-refractivity contribution < 1.29 is 9.53 Å². The first-order valence-electron chi connectivity index (χ1n) is 6.09. The van der Waals surface area contributed by atoms with Gasteiger partial charge in [-0.15, -0.1) is 0 Å². The van der Waals surface area contributed by atoms with E-state index in [2.05, 4.69) is 0 Å². The molecule has 16 heavy (non-hydrogen) atoms. The van der Waals surface area contributed by atoms with Crippen molar-refractivity contribution >= 4 is 5.78 Å². The molecule has 2 nitrogen and oxygen atoms in total. The Labute approximate surface area is 95.6 Å². The molecule has 3 rings (SSSR count). The summed E-state index contributed by atoms with van der Waals surface area (Å²) >= 11 is 0. The molecule has 1 saturated carbocycles. The molecule has 0 N–H and O–H groups in total. The molecule has 2 heteroatoms. The summed E-state index contributed by atoms with van der Waals surface area (Å²) in [6.45, 7) is 0.679. The van der Waals surface area contributed by atoms with Gasteiger partial charge in [0.2, 0.25) is 0 Å². The zero-order chi connectivity index (χ0) is 11.0. The summed E-state index contributed by atoms with van der Waals surface area (Å²) < 4.78 is 5.57. The molecule has 1 aliphatic carbocycles. The summed E-state index contributed by atoms with van der Waals surface area (Å²) in [6.07, 6.45) is 4.12. The van der Waals surface area contributed by atoms with Crippen LogP contribution in [-0.4, -0.2) is 12.4 Å². The number of ether oxygens (including phenoxy) is 1. The van der Waals surface area contributed by atoms with Gasteiger partial charge >= 0.3 is 0 Å². The number of fused-ring (bicyclic) bond motifs is 1. The van der Waals surface area contributed by atoms with Crippen molar-refractivity contribution in [1.29, 1.82) is 0 Å². The largest absolute Gasteiger partial charge is 0.493 e. The first kappa shape index (κ1) is 9.88. The number of para-hydroxylation sites is 1. The normalized spacial score (nSPS) is 23.4. The second-order valence-electron chi connectivity index (χ2n) is 4.84. The predicted molar refractivity (Wildman–Crippen MR) is 61.6 cm³/mol. The third kappa shape index (κ3) is 1.84.